The van der Waals surface area contributed by atoms with Crippen LogP contribution in [0.25, 0.3) is 16.9 Å². The minimum absolute atomic E-state index is 0.0351. The maximum absolute atomic E-state index is 12.7. The lowest BCUT2D eigenvalue weighted by Crippen LogP contribution is -2.50. The van der Waals surface area contributed by atoms with E-state index in [1.165, 1.54) is 6.33 Å². The van der Waals surface area contributed by atoms with Crippen molar-refractivity contribution in [3.63, 3.8) is 0 Å². The third kappa shape index (κ3) is 3.37. The number of hydrogen-bond donors (Lipinski definition) is 0. The fourth-order valence-electron chi connectivity index (χ4n) is 3.38. The van der Waals surface area contributed by atoms with Crippen LogP contribution in [0.2, 0.25) is 0 Å². The van der Waals surface area contributed by atoms with Crippen LogP contribution in [0.4, 0.5) is 5.82 Å². The highest BCUT2D eigenvalue weighted by molar-refractivity contribution is 5.80. The molecule has 1 aromatic carbocycles. The van der Waals surface area contributed by atoms with E-state index >= 15 is 0 Å². The summed E-state index contributed by atoms with van der Waals surface area (Å²) in [6.45, 7) is 2.82. The molecular weight excluding hydrogens is 372 g/mol. The number of carbonyl (C=O) groups is 1. The minimum atomic E-state index is 0.0351. The molecule has 0 aliphatic carbocycles. The van der Waals surface area contributed by atoms with Crippen LogP contribution in [0.1, 0.15) is 0 Å². The number of carbonyl (C=O) groups excluding carboxylic acids is 1. The Morgan fingerprint density at radius 3 is 2.48 bits per heavy atom. The molecule has 0 bridgehead atoms. The summed E-state index contributed by atoms with van der Waals surface area (Å²) < 4.78 is 3.21. The first-order valence-electron chi connectivity index (χ1n) is 9.27. The first-order valence-corrected chi connectivity index (χ1v) is 9.27. The van der Waals surface area contributed by atoms with Crippen molar-refractivity contribution in [2.24, 2.45) is 0 Å². The van der Waals surface area contributed by atoms with Crippen molar-refractivity contribution in [1.29, 1.82) is 0 Å². The molecule has 146 valence electrons. The summed E-state index contributed by atoms with van der Waals surface area (Å²) in [4.78, 5) is 20.6. The van der Waals surface area contributed by atoms with Crippen molar-refractivity contribution in [3.8, 4) is 5.82 Å². The number of aromatic nitrogens is 8. The lowest BCUT2D eigenvalue weighted by Gasteiger charge is -2.35. The van der Waals surface area contributed by atoms with Gasteiger partial charge < -0.3 is 9.80 Å². The third-order valence-corrected chi connectivity index (χ3v) is 4.95. The molecule has 0 radical (unpaired) electrons. The first kappa shape index (κ1) is 17.2. The van der Waals surface area contributed by atoms with Gasteiger partial charge in [-0.2, -0.15) is 5.10 Å². The fourth-order valence-corrected chi connectivity index (χ4v) is 3.38. The van der Waals surface area contributed by atoms with Gasteiger partial charge in [0, 0.05) is 26.2 Å². The highest BCUT2D eigenvalue weighted by Gasteiger charge is 2.23. The Kier molecular flexibility index (Phi) is 4.31. The van der Waals surface area contributed by atoms with Gasteiger partial charge in [0.15, 0.2) is 11.6 Å². The number of para-hydroxylation sites is 1. The van der Waals surface area contributed by atoms with Gasteiger partial charge in [0.2, 0.25) is 5.91 Å². The normalized spacial score (nSPS) is 14.5. The van der Waals surface area contributed by atoms with Gasteiger partial charge in [-0.05, 0) is 24.3 Å². The van der Waals surface area contributed by atoms with Crippen molar-refractivity contribution in [3.05, 3.63) is 49.1 Å². The average Bonchev–Trinajstić information content (AvgIpc) is 3.45. The van der Waals surface area contributed by atoms with E-state index in [1.807, 2.05) is 41.3 Å². The van der Waals surface area contributed by atoms with E-state index in [-0.39, 0.29) is 12.5 Å². The van der Waals surface area contributed by atoms with Crippen molar-refractivity contribution in [2.45, 2.75) is 6.54 Å². The maximum atomic E-state index is 12.7. The summed E-state index contributed by atoms with van der Waals surface area (Å²) in [7, 11) is 0. The Bertz CT molecular complexity index is 1110. The van der Waals surface area contributed by atoms with E-state index in [1.54, 1.807) is 15.7 Å². The lowest BCUT2D eigenvalue weighted by atomic mass is 10.3. The molecule has 29 heavy (non-hydrogen) atoms. The van der Waals surface area contributed by atoms with Crippen LogP contribution in [0.5, 0.6) is 0 Å². The van der Waals surface area contributed by atoms with E-state index in [0.717, 1.165) is 16.9 Å². The Morgan fingerprint density at radius 1 is 0.931 bits per heavy atom. The summed E-state index contributed by atoms with van der Waals surface area (Å²) in [6.07, 6.45) is 3.03. The number of piperazine rings is 1. The molecule has 5 rings (SSSR count). The number of amides is 1. The zero-order valence-electron chi connectivity index (χ0n) is 15.5. The molecule has 3 aromatic heterocycles. The minimum Gasteiger partial charge on any atom is -0.352 e. The van der Waals surface area contributed by atoms with Gasteiger partial charge in [-0.1, -0.05) is 17.3 Å². The molecule has 1 fully saturated rings. The van der Waals surface area contributed by atoms with Crippen LogP contribution < -0.4 is 4.90 Å². The molecule has 1 aliphatic heterocycles. The molecule has 11 nitrogen and oxygen atoms in total. The van der Waals surface area contributed by atoms with E-state index in [2.05, 4.69) is 35.5 Å². The predicted octanol–water partition coefficient (Wildman–Crippen LogP) is 0.151. The Balaban J connectivity index is 1.20. The standard InChI is InChI=1S/C18H18N10O/c29-18(11-27-15-4-2-1-3-14(15)21-24-27)26-9-7-25(8-10-26)16-5-6-17(23-22-16)28-13-19-12-20-28/h1-6,12-13H,7-11H2. The van der Waals surface area contributed by atoms with E-state index < -0.39 is 0 Å². The second kappa shape index (κ2) is 7.26. The molecule has 0 N–H and O–H groups in total. The zero-order valence-corrected chi connectivity index (χ0v) is 15.5. The summed E-state index contributed by atoms with van der Waals surface area (Å²) >= 11 is 0. The van der Waals surface area contributed by atoms with Gasteiger partial charge in [0.25, 0.3) is 0 Å². The second-order valence-electron chi connectivity index (χ2n) is 6.69. The summed E-state index contributed by atoms with van der Waals surface area (Å²) in [6, 6.07) is 11.4. The topological polar surface area (TPSA) is 111 Å². The lowest BCUT2D eigenvalue weighted by molar-refractivity contribution is -0.132. The second-order valence-corrected chi connectivity index (χ2v) is 6.69. The molecule has 0 spiro atoms. The van der Waals surface area contributed by atoms with Crippen LogP contribution in [0, 0.1) is 0 Å². The molecule has 0 saturated carbocycles. The molecular formula is C18H18N10O. The number of benzene rings is 1. The summed E-state index contributed by atoms with van der Waals surface area (Å²) in [5.41, 5.74) is 1.65. The van der Waals surface area contributed by atoms with E-state index in [0.29, 0.717) is 32.0 Å². The Hall–Kier alpha value is -3.89. The smallest absolute Gasteiger partial charge is 0.244 e. The largest absolute Gasteiger partial charge is 0.352 e. The first-order chi connectivity index (χ1) is 14.3. The highest BCUT2D eigenvalue weighted by atomic mass is 16.2. The van der Waals surface area contributed by atoms with Crippen LogP contribution in [0.3, 0.4) is 0 Å². The van der Waals surface area contributed by atoms with Crippen molar-refractivity contribution < 1.29 is 4.79 Å². The van der Waals surface area contributed by atoms with Gasteiger partial charge >= 0.3 is 0 Å². The molecule has 4 aromatic rings. The van der Waals surface area contributed by atoms with Gasteiger partial charge in [0.05, 0.1) is 5.52 Å². The third-order valence-electron chi connectivity index (χ3n) is 4.95. The molecule has 0 unspecified atom stereocenters. The molecule has 0 atom stereocenters. The van der Waals surface area contributed by atoms with E-state index in [4.69, 9.17) is 0 Å². The quantitative estimate of drug-likeness (QED) is 0.484. The van der Waals surface area contributed by atoms with Crippen molar-refractivity contribution in [2.75, 3.05) is 31.1 Å². The highest BCUT2D eigenvalue weighted by Crippen LogP contribution is 2.15. The predicted molar refractivity (Wildman–Crippen MR) is 103 cm³/mol. The number of fused-ring (bicyclic) bond motifs is 1. The molecule has 1 saturated heterocycles. The molecule has 11 heteroatoms. The zero-order chi connectivity index (χ0) is 19.6. The molecule has 4 heterocycles. The van der Waals surface area contributed by atoms with Gasteiger partial charge in [-0.15, -0.1) is 15.3 Å². The van der Waals surface area contributed by atoms with Crippen molar-refractivity contribution >= 4 is 22.8 Å². The van der Waals surface area contributed by atoms with Gasteiger partial charge in [-0.25, -0.2) is 14.3 Å². The Morgan fingerprint density at radius 2 is 1.72 bits per heavy atom. The van der Waals surface area contributed by atoms with Crippen LogP contribution in [-0.2, 0) is 11.3 Å². The van der Waals surface area contributed by atoms with Gasteiger partial charge in [0.1, 0.15) is 24.7 Å². The van der Waals surface area contributed by atoms with E-state index in [9.17, 15) is 4.79 Å². The number of anilines is 1. The molecule has 1 amide bonds. The summed E-state index contributed by atoms with van der Waals surface area (Å²) in [5.74, 6) is 1.43. The van der Waals surface area contributed by atoms with Crippen LogP contribution in [0.15, 0.2) is 49.1 Å². The number of nitrogens with zero attached hydrogens (tertiary/aromatic N) is 10. The maximum Gasteiger partial charge on any atom is 0.244 e. The monoisotopic (exact) mass is 390 g/mol. The number of rotatable bonds is 4. The van der Waals surface area contributed by atoms with Crippen molar-refractivity contribution in [1.82, 2.24) is 44.9 Å². The van der Waals surface area contributed by atoms with Crippen LogP contribution >= 0.6 is 0 Å². The fraction of sp³-hybridized carbons (Fsp3) is 0.278. The molecule has 1 aliphatic rings. The SMILES string of the molecule is O=C(Cn1nnc2ccccc21)N1CCN(c2ccc(-n3cncn3)nn2)CC1. The number of hydrogen-bond acceptors (Lipinski definition) is 8. The van der Waals surface area contributed by atoms with Gasteiger partial charge in [-0.3, -0.25) is 4.79 Å². The van der Waals surface area contributed by atoms with Crippen LogP contribution in [-0.4, -0.2) is 76.9 Å². The summed E-state index contributed by atoms with van der Waals surface area (Å²) in [5, 5.41) is 20.7. The Labute approximate surface area is 165 Å². The average molecular weight is 390 g/mol.